The third-order valence-electron chi connectivity index (χ3n) is 4.81. The van der Waals surface area contributed by atoms with E-state index in [2.05, 4.69) is 15.6 Å². The minimum atomic E-state index is -3.84. The number of methoxy groups -OCH3 is 1. The Bertz CT molecular complexity index is 1310. The highest BCUT2D eigenvalue weighted by Gasteiger charge is 2.16. The first-order chi connectivity index (χ1) is 16.3. The van der Waals surface area contributed by atoms with Gasteiger partial charge in [-0.25, -0.2) is 13.1 Å². The van der Waals surface area contributed by atoms with Crippen LogP contribution in [0.1, 0.15) is 27.0 Å². The van der Waals surface area contributed by atoms with Crippen molar-refractivity contribution in [3.8, 4) is 5.75 Å². The molecule has 0 fully saturated rings. The summed E-state index contributed by atoms with van der Waals surface area (Å²) in [5, 5.41) is 0. The second kappa shape index (κ2) is 11.3. The van der Waals surface area contributed by atoms with Crippen LogP contribution in [0.4, 0.5) is 0 Å². The molecule has 0 saturated carbocycles. The first kappa shape index (κ1) is 24.7. The van der Waals surface area contributed by atoms with Gasteiger partial charge in [-0.05, 0) is 48.9 Å². The minimum Gasteiger partial charge on any atom is -0.496 e. The number of benzene rings is 3. The number of hydrogen-bond donors (Lipinski definition) is 3. The first-order valence-corrected chi connectivity index (χ1v) is 11.8. The van der Waals surface area contributed by atoms with Crippen LogP contribution in [0.15, 0.2) is 83.8 Å². The van der Waals surface area contributed by atoms with E-state index in [0.29, 0.717) is 11.3 Å². The summed E-state index contributed by atoms with van der Waals surface area (Å²) in [6, 6.07) is 20.2. The number of ether oxygens (including phenoxy) is 1. The second-order valence-electron chi connectivity index (χ2n) is 7.36. The molecule has 0 aliphatic heterocycles. The zero-order valence-electron chi connectivity index (χ0n) is 18.7. The quantitative estimate of drug-likeness (QED) is 0.340. The van der Waals surface area contributed by atoms with E-state index in [9.17, 15) is 18.0 Å². The molecular weight excluding hydrogens is 454 g/mol. The monoisotopic (exact) mass is 479 g/mol. The lowest BCUT2D eigenvalue weighted by atomic mass is 10.1. The van der Waals surface area contributed by atoms with Crippen LogP contribution in [0.2, 0.25) is 0 Å². The molecule has 0 radical (unpaired) electrons. The van der Waals surface area contributed by atoms with Crippen molar-refractivity contribution in [2.24, 2.45) is 0 Å². The average Bonchev–Trinajstić information content (AvgIpc) is 2.85. The third kappa shape index (κ3) is 6.77. The molecule has 9 heteroatoms. The number of aryl methyl sites for hydroxylation is 1. The van der Waals surface area contributed by atoms with E-state index in [-0.39, 0.29) is 17.0 Å². The van der Waals surface area contributed by atoms with Crippen LogP contribution in [0.3, 0.4) is 0 Å². The van der Waals surface area contributed by atoms with Crippen molar-refractivity contribution in [3.63, 3.8) is 0 Å². The minimum absolute atomic E-state index is 0.0613. The van der Waals surface area contributed by atoms with Gasteiger partial charge >= 0.3 is 0 Å². The van der Waals surface area contributed by atoms with Gasteiger partial charge in [-0.1, -0.05) is 48.0 Å². The Kier molecular flexibility index (Phi) is 8.18. The van der Waals surface area contributed by atoms with Gasteiger partial charge in [-0.15, -0.1) is 0 Å². The molecule has 0 aliphatic rings. The maximum absolute atomic E-state index is 12.6. The number of sulfonamides is 1. The van der Waals surface area contributed by atoms with Gasteiger partial charge in [0, 0.05) is 23.7 Å². The zero-order valence-corrected chi connectivity index (χ0v) is 19.6. The molecule has 0 spiro atoms. The number of hydrazine groups is 1. The van der Waals surface area contributed by atoms with Gasteiger partial charge in [0.05, 0.1) is 12.0 Å². The van der Waals surface area contributed by atoms with Crippen LogP contribution < -0.4 is 20.3 Å². The fourth-order valence-corrected chi connectivity index (χ4v) is 4.11. The van der Waals surface area contributed by atoms with Gasteiger partial charge in [-0.3, -0.25) is 20.4 Å². The number of amides is 2. The van der Waals surface area contributed by atoms with Crippen molar-refractivity contribution < 1.29 is 22.7 Å². The Balaban J connectivity index is 1.60. The topological polar surface area (TPSA) is 114 Å². The summed E-state index contributed by atoms with van der Waals surface area (Å²) in [6.45, 7) is 2.04. The van der Waals surface area contributed by atoms with E-state index in [1.54, 1.807) is 24.3 Å². The van der Waals surface area contributed by atoms with Crippen LogP contribution in [0.25, 0.3) is 6.08 Å². The van der Waals surface area contributed by atoms with Crippen molar-refractivity contribution in [2.45, 2.75) is 18.4 Å². The molecule has 3 aromatic rings. The summed E-state index contributed by atoms with van der Waals surface area (Å²) in [5.74, 6) is -0.613. The van der Waals surface area contributed by atoms with Crippen molar-refractivity contribution >= 4 is 27.9 Å². The zero-order chi connectivity index (χ0) is 24.6. The molecule has 8 nitrogen and oxygen atoms in total. The fraction of sp³-hybridized carbons (Fsp3) is 0.120. The predicted octanol–water partition coefficient (Wildman–Crippen LogP) is 2.96. The fourth-order valence-electron chi connectivity index (χ4n) is 3.04. The lowest BCUT2D eigenvalue weighted by molar-refractivity contribution is -0.117. The van der Waals surface area contributed by atoms with E-state index in [4.69, 9.17) is 4.74 Å². The summed E-state index contributed by atoms with van der Waals surface area (Å²) < 4.78 is 33.0. The van der Waals surface area contributed by atoms with Crippen LogP contribution in [0, 0.1) is 6.92 Å². The number of rotatable bonds is 8. The SMILES string of the molecule is COc1ccc(C)cc1/C=C/C(=O)NNC(=O)c1cccc(S(=O)(=O)NCc2ccccc2)c1. The van der Waals surface area contributed by atoms with Crippen LogP contribution in [-0.4, -0.2) is 27.3 Å². The molecule has 0 bridgehead atoms. The highest BCUT2D eigenvalue weighted by molar-refractivity contribution is 7.89. The highest BCUT2D eigenvalue weighted by Crippen LogP contribution is 2.20. The van der Waals surface area contributed by atoms with E-state index in [0.717, 1.165) is 11.1 Å². The molecule has 0 unspecified atom stereocenters. The standard InChI is InChI=1S/C25H25N3O5S/c1-18-11-13-23(33-2)20(15-18)12-14-24(29)27-28-25(30)21-9-6-10-22(16-21)34(31,32)26-17-19-7-4-3-5-8-19/h3-16,26H,17H2,1-2H3,(H,27,29)(H,28,30)/b14-12+. The third-order valence-corrected chi connectivity index (χ3v) is 6.21. The average molecular weight is 480 g/mol. The van der Waals surface area contributed by atoms with E-state index >= 15 is 0 Å². The molecular formula is C25H25N3O5S. The van der Waals surface area contributed by atoms with Crippen molar-refractivity contribution in [3.05, 3.63) is 101 Å². The summed E-state index contributed by atoms with van der Waals surface area (Å²) >= 11 is 0. The molecule has 0 aromatic heterocycles. The van der Waals surface area contributed by atoms with Gasteiger partial charge in [0.2, 0.25) is 10.0 Å². The number of nitrogens with one attached hydrogen (secondary N) is 3. The van der Waals surface area contributed by atoms with E-state index < -0.39 is 21.8 Å². The summed E-state index contributed by atoms with van der Waals surface area (Å²) in [5.41, 5.74) is 7.15. The lowest BCUT2D eigenvalue weighted by Gasteiger charge is -2.09. The number of hydrogen-bond acceptors (Lipinski definition) is 5. The Morgan fingerprint density at radius 1 is 0.941 bits per heavy atom. The molecule has 3 rings (SSSR count). The van der Waals surface area contributed by atoms with Gasteiger partial charge < -0.3 is 4.74 Å². The maximum atomic E-state index is 12.6. The summed E-state index contributed by atoms with van der Waals surface area (Å²) in [7, 11) is -2.30. The molecule has 3 N–H and O–H groups in total. The molecule has 34 heavy (non-hydrogen) atoms. The first-order valence-electron chi connectivity index (χ1n) is 10.4. The maximum Gasteiger partial charge on any atom is 0.269 e. The smallest absolute Gasteiger partial charge is 0.269 e. The summed E-state index contributed by atoms with van der Waals surface area (Å²) in [6.07, 6.45) is 2.82. The molecule has 0 aliphatic carbocycles. The molecule has 2 amide bonds. The van der Waals surface area contributed by atoms with Crippen LogP contribution in [-0.2, 0) is 21.4 Å². The summed E-state index contributed by atoms with van der Waals surface area (Å²) in [4.78, 5) is 24.5. The predicted molar refractivity (Wildman–Crippen MR) is 129 cm³/mol. The highest BCUT2D eigenvalue weighted by atomic mass is 32.2. The van der Waals surface area contributed by atoms with Crippen molar-refractivity contribution in [1.82, 2.24) is 15.6 Å². The van der Waals surface area contributed by atoms with Gasteiger partial charge in [0.15, 0.2) is 0 Å². The molecule has 0 atom stereocenters. The van der Waals surface area contributed by atoms with Crippen LogP contribution in [0.5, 0.6) is 5.75 Å². The molecule has 0 heterocycles. The van der Waals surface area contributed by atoms with Crippen molar-refractivity contribution in [2.75, 3.05) is 7.11 Å². The normalized spacial score (nSPS) is 11.2. The van der Waals surface area contributed by atoms with E-state index in [1.807, 2.05) is 37.3 Å². The van der Waals surface area contributed by atoms with Gasteiger partial charge in [0.1, 0.15) is 5.75 Å². The molecule has 3 aromatic carbocycles. The van der Waals surface area contributed by atoms with Gasteiger partial charge in [-0.2, -0.15) is 0 Å². The Morgan fingerprint density at radius 3 is 2.44 bits per heavy atom. The van der Waals surface area contributed by atoms with Gasteiger partial charge in [0.25, 0.3) is 11.8 Å². The molecule has 0 saturated heterocycles. The Labute approximate surface area is 198 Å². The largest absolute Gasteiger partial charge is 0.496 e. The van der Waals surface area contributed by atoms with E-state index in [1.165, 1.54) is 37.5 Å². The number of carbonyl (C=O) groups is 2. The lowest BCUT2D eigenvalue weighted by Crippen LogP contribution is -2.40. The Hall–Kier alpha value is -3.95. The second-order valence-corrected chi connectivity index (χ2v) is 9.13. The molecule has 176 valence electrons. The Morgan fingerprint density at radius 2 is 1.71 bits per heavy atom. The number of carbonyl (C=O) groups excluding carboxylic acids is 2. The van der Waals surface area contributed by atoms with Crippen LogP contribution >= 0.6 is 0 Å². The van der Waals surface area contributed by atoms with Crippen molar-refractivity contribution in [1.29, 1.82) is 0 Å².